The number of rotatable bonds is 0. The number of nitrogens with zero attached hydrogens (tertiary/aromatic N) is 2. The summed E-state index contributed by atoms with van der Waals surface area (Å²) < 4.78 is 0. The molecule has 0 unspecified atom stereocenters. The Balaban J connectivity index is 3.03. The minimum absolute atomic E-state index is 0.139. The van der Waals surface area contributed by atoms with Crippen LogP contribution in [0, 0.1) is 5.21 Å². The summed E-state index contributed by atoms with van der Waals surface area (Å²) in [6, 6.07) is 2.95. The molecule has 0 saturated heterocycles. The van der Waals surface area contributed by atoms with Gasteiger partial charge >= 0.3 is 5.82 Å². The molecule has 7 heteroatoms. The van der Waals surface area contributed by atoms with Gasteiger partial charge in [0.05, 0.1) is 11.4 Å². The van der Waals surface area contributed by atoms with Crippen LogP contribution < -0.4 is 22.0 Å². The van der Waals surface area contributed by atoms with Crippen LogP contribution in [0.1, 0.15) is 0 Å². The van der Waals surface area contributed by atoms with Crippen molar-refractivity contribution in [2.24, 2.45) is 0 Å². The lowest BCUT2D eigenvalue weighted by atomic mass is 10.2. The molecule has 1 aromatic carbocycles. The van der Waals surface area contributed by atoms with Crippen LogP contribution in [0.4, 0.5) is 17.2 Å². The summed E-state index contributed by atoms with van der Waals surface area (Å²) in [6.07, 6.45) is 0. The highest BCUT2D eigenvalue weighted by atomic mass is 16.6. The van der Waals surface area contributed by atoms with E-state index in [1.807, 2.05) is 0 Å². The zero-order valence-electron chi connectivity index (χ0n) is 7.14. The summed E-state index contributed by atoms with van der Waals surface area (Å²) in [4.78, 5) is 0.515. The van der Waals surface area contributed by atoms with Crippen LogP contribution in [0.25, 0.3) is 10.9 Å². The maximum atomic E-state index is 11.2. The molecule has 1 aromatic heterocycles. The number of hydrogen-bond acceptors (Lipinski definition) is 5. The molecular formula is C7H9N5O2. The number of nitrogen functional groups attached to an aromatic ring is 3. The van der Waals surface area contributed by atoms with Crippen LogP contribution >= 0.6 is 0 Å². The molecule has 0 atom stereocenters. The van der Waals surface area contributed by atoms with Gasteiger partial charge in [-0.05, 0) is 17.0 Å². The molecule has 0 fully saturated rings. The fourth-order valence-electron chi connectivity index (χ4n) is 1.36. The monoisotopic (exact) mass is 195 g/mol. The van der Waals surface area contributed by atoms with Gasteiger partial charge in [-0.2, -0.15) is 0 Å². The number of aromatic nitrogens is 2. The zero-order chi connectivity index (χ0) is 10.5. The molecule has 0 aliphatic carbocycles. The summed E-state index contributed by atoms with van der Waals surface area (Å²) in [5, 5.41) is 20.7. The fraction of sp³-hybridized carbons (Fsp3) is 0. The normalized spacial score (nSPS) is 10.9. The molecule has 1 heterocycles. The van der Waals surface area contributed by atoms with E-state index in [-0.39, 0.29) is 27.3 Å². The van der Waals surface area contributed by atoms with Crippen LogP contribution in [0.15, 0.2) is 12.1 Å². The first-order chi connectivity index (χ1) is 6.54. The van der Waals surface area contributed by atoms with Gasteiger partial charge in [-0.3, -0.25) is 5.73 Å². The maximum Gasteiger partial charge on any atom is 0.309 e. The summed E-state index contributed by atoms with van der Waals surface area (Å²) in [6.45, 7) is 0. The van der Waals surface area contributed by atoms with Crippen molar-refractivity contribution in [1.82, 2.24) is 4.85 Å². The van der Waals surface area contributed by atoms with Gasteiger partial charge in [-0.15, -0.1) is 4.85 Å². The average Bonchev–Trinajstić information content (AvgIpc) is 2.38. The van der Waals surface area contributed by atoms with Crippen molar-refractivity contribution in [3.05, 3.63) is 17.3 Å². The van der Waals surface area contributed by atoms with Gasteiger partial charge < -0.3 is 21.9 Å². The Morgan fingerprint density at radius 1 is 1.29 bits per heavy atom. The molecule has 0 aliphatic heterocycles. The topological polar surface area (TPSA) is 130 Å². The zero-order valence-corrected chi connectivity index (χ0v) is 7.14. The van der Waals surface area contributed by atoms with Gasteiger partial charge in [-0.25, -0.2) is 0 Å². The molecule has 7 nitrogen and oxygen atoms in total. The second-order valence-corrected chi connectivity index (χ2v) is 2.91. The minimum atomic E-state index is -0.174. The van der Waals surface area contributed by atoms with Gasteiger partial charge in [0.2, 0.25) is 0 Å². The molecule has 0 saturated carbocycles. The molecule has 0 bridgehead atoms. The summed E-state index contributed by atoms with van der Waals surface area (Å²) in [7, 11) is 0. The lowest BCUT2D eigenvalue weighted by Gasteiger charge is -1.99. The average molecular weight is 195 g/mol. The van der Waals surface area contributed by atoms with Gasteiger partial charge in [0.15, 0.2) is 0 Å². The van der Waals surface area contributed by atoms with Crippen molar-refractivity contribution in [2.45, 2.75) is 0 Å². The van der Waals surface area contributed by atoms with Gasteiger partial charge in [0.25, 0.3) is 0 Å². The Bertz CT molecular complexity index is 519. The van der Waals surface area contributed by atoms with Crippen LogP contribution in [0.2, 0.25) is 0 Å². The molecule has 0 aliphatic rings. The van der Waals surface area contributed by atoms with E-state index in [4.69, 9.17) is 17.2 Å². The summed E-state index contributed by atoms with van der Waals surface area (Å²) in [5.74, 6) is -0.174. The van der Waals surface area contributed by atoms with E-state index in [2.05, 4.69) is 0 Å². The van der Waals surface area contributed by atoms with E-state index >= 15 is 0 Å². The fourth-order valence-corrected chi connectivity index (χ4v) is 1.36. The van der Waals surface area contributed by atoms with Crippen molar-refractivity contribution < 1.29 is 10.1 Å². The second kappa shape index (κ2) is 2.34. The van der Waals surface area contributed by atoms with Gasteiger partial charge in [0, 0.05) is 0 Å². The van der Waals surface area contributed by atoms with Crippen molar-refractivity contribution in [2.75, 3.05) is 17.2 Å². The predicted molar refractivity (Wildman–Crippen MR) is 51.3 cm³/mol. The number of fused-ring (bicyclic) bond motifs is 1. The van der Waals surface area contributed by atoms with E-state index < -0.39 is 0 Å². The highest BCUT2D eigenvalue weighted by Gasteiger charge is 2.18. The van der Waals surface area contributed by atoms with E-state index in [9.17, 15) is 10.4 Å². The molecule has 2 aromatic rings. The standard InChI is InChI=1S/C7H9N5O2/c8-3-1-2-4-5(6(3)9)7(10)12(14)11(4)13/h1-2,13H,8-10H2. The molecule has 74 valence electrons. The Kier molecular flexibility index (Phi) is 1.39. The Hall–Kier alpha value is -2.31. The Morgan fingerprint density at radius 3 is 2.57 bits per heavy atom. The quantitative estimate of drug-likeness (QED) is 0.190. The minimum Gasteiger partial charge on any atom is -0.690 e. The Labute approximate surface area is 78.4 Å². The van der Waals surface area contributed by atoms with Crippen LogP contribution in [0.3, 0.4) is 0 Å². The number of anilines is 3. The maximum absolute atomic E-state index is 11.2. The highest BCUT2D eigenvalue weighted by molar-refractivity contribution is 6.02. The lowest BCUT2D eigenvalue weighted by Crippen LogP contribution is -2.38. The first-order valence-corrected chi connectivity index (χ1v) is 3.81. The first kappa shape index (κ1) is 8.30. The van der Waals surface area contributed by atoms with Gasteiger partial charge in [-0.1, -0.05) is 0 Å². The second-order valence-electron chi connectivity index (χ2n) is 2.91. The van der Waals surface area contributed by atoms with E-state index in [1.54, 1.807) is 0 Å². The van der Waals surface area contributed by atoms with E-state index in [0.29, 0.717) is 10.5 Å². The predicted octanol–water partition coefficient (Wildman–Crippen LogP) is -0.741. The third kappa shape index (κ3) is 0.777. The third-order valence-corrected chi connectivity index (χ3v) is 2.11. The Morgan fingerprint density at radius 2 is 1.93 bits per heavy atom. The van der Waals surface area contributed by atoms with Crippen molar-refractivity contribution in [3.8, 4) is 0 Å². The third-order valence-electron chi connectivity index (χ3n) is 2.11. The van der Waals surface area contributed by atoms with Crippen LogP contribution in [0.5, 0.6) is 0 Å². The smallest absolute Gasteiger partial charge is 0.309 e. The molecular weight excluding hydrogens is 186 g/mol. The molecule has 7 N–H and O–H groups in total. The molecule has 0 radical (unpaired) electrons. The van der Waals surface area contributed by atoms with Crippen molar-refractivity contribution in [3.63, 3.8) is 0 Å². The summed E-state index contributed by atoms with van der Waals surface area (Å²) >= 11 is 0. The SMILES string of the molecule is Nc1ccc2c(c1N)c(N)[n+]([O-])n2O. The molecule has 2 rings (SSSR count). The number of benzene rings is 1. The van der Waals surface area contributed by atoms with Crippen LogP contribution in [-0.2, 0) is 0 Å². The number of nitrogens with two attached hydrogens (primary N) is 3. The van der Waals surface area contributed by atoms with Crippen molar-refractivity contribution in [1.29, 1.82) is 0 Å². The van der Waals surface area contributed by atoms with Crippen LogP contribution in [-0.4, -0.2) is 10.1 Å². The highest BCUT2D eigenvalue weighted by Crippen LogP contribution is 2.29. The molecule has 14 heavy (non-hydrogen) atoms. The first-order valence-electron chi connectivity index (χ1n) is 3.81. The van der Waals surface area contributed by atoms with E-state index in [1.165, 1.54) is 12.1 Å². The lowest BCUT2D eigenvalue weighted by molar-refractivity contribution is -0.709. The largest absolute Gasteiger partial charge is 0.690 e. The molecule has 0 amide bonds. The summed E-state index contributed by atoms with van der Waals surface area (Å²) in [5.41, 5.74) is 17.3. The van der Waals surface area contributed by atoms with Gasteiger partial charge in [0.1, 0.15) is 10.9 Å². The van der Waals surface area contributed by atoms with E-state index in [0.717, 1.165) is 0 Å². The molecule has 0 spiro atoms. The number of hydrogen-bond donors (Lipinski definition) is 4. The van der Waals surface area contributed by atoms with Crippen molar-refractivity contribution >= 4 is 28.1 Å².